The second-order valence-electron chi connectivity index (χ2n) is 4.81. The lowest BCUT2D eigenvalue weighted by Gasteiger charge is -2.29. The van der Waals surface area contributed by atoms with Crippen molar-refractivity contribution >= 4 is 5.91 Å². The topological polar surface area (TPSA) is 46.3 Å². The van der Waals surface area contributed by atoms with Crippen LogP contribution in [0.1, 0.15) is 38.5 Å². The Kier molecular flexibility index (Phi) is 5.53. The van der Waals surface area contributed by atoms with Gasteiger partial charge in [-0.3, -0.25) is 4.79 Å². The molecule has 92 valence electrons. The van der Waals surface area contributed by atoms with Gasteiger partial charge >= 0.3 is 0 Å². The van der Waals surface area contributed by atoms with Crippen molar-refractivity contribution in [3.05, 3.63) is 12.7 Å². The molecule has 0 bridgehead atoms. The lowest BCUT2D eigenvalue weighted by Crippen LogP contribution is -2.39. The van der Waals surface area contributed by atoms with Crippen LogP contribution >= 0.6 is 0 Å². The average Bonchev–Trinajstić information content (AvgIpc) is 2.28. The summed E-state index contributed by atoms with van der Waals surface area (Å²) < 4.78 is 0. The standard InChI is InChI=1S/C13H24N2O/c1-3-4-5-9-15(2)13(16)11-7-6-8-12(14)10-11/h3,11-12H,1,4-10,14H2,2H3. The third-order valence-corrected chi connectivity index (χ3v) is 3.34. The average molecular weight is 224 g/mol. The smallest absolute Gasteiger partial charge is 0.225 e. The molecule has 1 aliphatic rings. The maximum atomic E-state index is 12.1. The zero-order valence-corrected chi connectivity index (χ0v) is 10.3. The quantitative estimate of drug-likeness (QED) is 0.573. The molecule has 2 atom stereocenters. The lowest BCUT2D eigenvalue weighted by molar-refractivity contribution is -0.135. The van der Waals surface area contributed by atoms with E-state index in [9.17, 15) is 4.79 Å². The van der Waals surface area contributed by atoms with Crippen LogP contribution in [0.4, 0.5) is 0 Å². The van der Waals surface area contributed by atoms with Crippen LogP contribution in [-0.4, -0.2) is 30.4 Å². The van der Waals surface area contributed by atoms with Crippen LogP contribution in [-0.2, 0) is 4.79 Å². The number of rotatable bonds is 5. The highest BCUT2D eigenvalue weighted by Gasteiger charge is 2.27. The highest BCUT2D eigenvalue weighted by Crippen LogP contribution is 2.24. The largest absolute Gasteiger partial charge is 0.346 e. The predicted octanol–water partition coefficient (Wildman–Crippen LogP) is 1.93. The first-order valence-electron chi connectivity index (χ1n) is 6.26. The molecule has 0 saturated heterocycles. The van der Waals surface area contributed by atoms with Gasteiger partial charge in [-0.05, 0) is 32.1 Å². The van der Waals surface area contributed by atoms with E-state index in [4.69, 9.17) is 5.73 Å². The van der Waals surface area contributed by atoms with Crippen LogP contribution in [0.2, 0.25) is 0 Å². The summed E-state index contributed by atoms with van der Waals surface area (Å²) in [4.78, 5) is 13.9. The Morgan fingerprint density at radius 2 is 2.31 bits per heavy atom. The summed E-state index contributed by atoms with van der Waals surface area (Å²) in [6.45, 7) is 4.51. The van der Waals surface area contributed by atoms with Crippen LogP contribution in [0.25, 0.3) is 0 Å². The Morgan fingerprint density at radius 1 is 1.56 bits per heavy atom. The molecule has 0 aromatic carbocycles. The molecular weight excluding hydrogens is 200 g/mol. The van der Waals surface area contributed by atoms with Crippen molar-refractivity contribution in [2.75, 3.05) is 13.6 Å². The van der Waals surface area contributed by atoms with Crippen LogP contribution in [0, 0.1) is 5.92 Å². The Morgan fingerprint density at radius 3 is 2.94 bits per heavy atom. The van der Waals surface area contributed by atoms with E-state index in [0.717, 1.165) is 45.1 Å². The molecule has 2 unspecified atom stereocenters. The van der Waals surface area contributed by atoms with E-state index in [-0.39, 0.29) is 17.9 Å². The minimum Gasteiger partial charge on any atom is -0.346 e. The SMILES string of the molecule is C=CCCCN(C)C(=O)C1CCCC(N)C1. The number of amides is 1. The Hall–Kier alpha value is -0.830. The molecule has 1 fully saturated rings. The van der Waals surface area contributed by atoms with E-state index in [2.05, 4.69) is 6.58 Å². The molecule has 1 aliphatic carbocycles. The molecule has 16 heavy (non-hydrogen) atoms. The Bertz CT molecular complexity index is 240. The number of nitrogens with zero attached hydrogens (tertiary/aromatic N) is 1. The fraction of sp³-hybridized carbons (Fsp3) is 0.769. The van der Waals surface area contributed by atoms with Crippen molar-refractivity contribution in [2.24, 2.45) is 11.7 Å². The molecule has 0 aromatic heterocycles. The van der Waals surface area contributed by atoms with Crippen molar-refractivity contribution in [1.82, 2.24) is 4.90 Å². The molecule has 0 radical (unpaired) electrons. The van der Waals surface area contributed by atoms with E-state index in [1.165, 1.54) is 0 Å². The summed E-state index contributed by atoms with van der Waals surface area (Å²) >= 11 is 0. The van der Waals surface area contributed by atoms with Crippen molar-refractivity contribution in [3.63, 3.8) is 0 Å². The third-order valence-electron chi connectivity index (χ3n) is 3.34. The highest BCUT2D eigenvalue weighted by atomic mass is 16.2. The molecule has 0 spiro atoms. The molecule has 3 heteroatoms. The van der Waals surface area contributed by atoms with Gasteiger partial charge in [-0.2, -0.15) is 0 Å². The van der Waals surface area contributed by atoms with Crippen molar-refractivity contribution in [2.45, 2.75) is 44.6 Å². The van der Waals surface area contributed by atoms with Crippen LogP contribution in [0.3, 0.4) is 0 Å². The maximum Gasteiger partial charge on any atom is 0.225 e. The van der Waals surface area contributed by atoms with Gasteiger partial charge in [-0.25, -0.2) is 0 Å². The first-order chi connectivity index (χ1) is 7.65. The van der Waals surface area contributed by atoms with E-state index in [1.54, 1.807) is 0 Å². The van der Waals surface area contributed by atoms with Gasteiger partial charge in [0.15, 0.2) is 0 Å². The molecular formula is C13H24N2O. The molecule has 3 nitrogen and oxygen atoms in total. The Labute approximate surface area is 98.7 Å². The van der Waals surface area contributed by atoms with Gasteiger partial charge in [0.05, 0.1) is 0 Å². The van der Waals surface area contributed by atoms with Crippen LogP contribution in [0.15, 0.2) is 12.7 Å². The molecule has 2 N–H and O–H groups in total. The summed E-state index contributed by atoms with van der Waals surface area (Å²) in [6, 6.07) is 0.226. The summed E-state index contributed by atoms with van der Waals surface area (Å²) in [7, 11) is 1.89. The molecule has 1 saturated carbocycles. The van der Waals surface area contributed by atoms with Crippen molar-refractivity contribution < 1.29 is 4.79 Å². The zero-order chi connectivity index (χ0) is 12.0. The third kappa shape index (κ3) is 3.97. The molecule has 0 aliphatic heterocycles. The number of nitrogens with two attached hydrogens (primary N) is 1. The monoisotopic (exact) mass is 224 g/mol. The van der Waals surface area contributed by atoms with Gasteiger partial charge in [0.25, 0.3) is 0 Å². The molecule has 0 heterocycles. The van der Waals surface area contributed by atoms with Crippen LogP contribution in [0.5, 0.6) is 0 Å². The summed E-state index contributed by atoms with van der Waals surface area (Å²) in [5, 5.41) is 0. The minimum absolute atomic E-state index is 0.164. The molecule has 0 aromatic rings. The first-order valence-corrected chi connectivity index (χ1v) is 6.26. The van der Waals surface area contributed by atoms with Gasteiger partial charge in [0.2, 0.25) is 5.91 Å². The lowest BCUT2D eigenvalue weighted by atomic mass is 9.85. The fourth-order valence-electron chi connectivity index (χ4n) is 2.35. The molecule has 1 rings (SSSR count). The van der Waals surface area contributed by atoms with Crippen molar-refractivity contribution in [3.8, 4) is 0 Å². The number of allylic oxidation sites excluding steroid dienone is 1. The van der Waals surface area contributed by atoms with Gasteiger partial charge in [0, 0.05) is 25.6 Å². The first kappa shape index (κ1) is 13.2. The zero-order valence-electron chi connectivity index (χ0n) is 10.3. The fourth-order valence-corrected chi connectivity index (χ4v) is 2.35. The van der Waals surface area contributed by atoms with E-state index >= 15 is 0 Å². The van der Waals surface area contributed by atoms with Gasteiger partial charge in [0.1, 0.15) is 0 Å². The number of carbonyl (C=O) groups excluding carboxylic acids is 1. The Balaban J connectivity index is 2.34. The van der Waals surface area contributed by atoms with E-state index < -0.39 is 0 Å². The van der Waals surface area contributed by atoms with Crippen molar-refractivity contribution in [1.29, 1.82) is 0 Å². The molecule has 1 amide bonds. The van der Waals surface area contributed by atoms with Crippen LogP contribution < -0.4 is 5.73 Å². The summed E-state index contributed by atoms with van der Waals surface area (Å²) in [5.41, 5.74) is 5.90. The van der Waals surface area contributed by atoms with E-state index in [0.29, 0.717) is 0 Å². The second kappa shape index (κ2) is 6.69. The number of hydrogen-bond donors (Lipinski definition) is 1. The normalized spacial score (nSPS) is 25.1. The van der Waals surface area contributed by atoms with Gasteiger partial charge in [-0.1, -0.05) is 12.5 Å². The highest BCUT2D eigenvalue weighted by molar-refractivity contribution is 5.78. The number of unbranched alkanes of at least 4 members (excludes halogenated alkanes) is 1. The summed E-state index contributed by atoms with van der Waals surface area (Å²) in [6.07, 6.45) is 7.92. The summed E-state index contributed by atoms with van der Waals surface area (Å²) in [5.74, 6) is 0.441. The number of hydrogen-bond acceptors (Lipinski definition) is 2. The van der Waals surface area contributed by atoms with E-state index in [1.807, 2.05) is 18.0 Å². The number of carbonyl (C=O) groups is 1. The maximum absolute atomic E-state index is 12.1. The van der Waals surface area contributed by atoms with Gasteiger partial charge < -0.3 is 10.6 Å². The predicted molar refractivity (Wildman–Crippen MR) is 67.0 cm³/mol. The van der Waals surface area contributed by atoms with Gasteiger partial charge in [-0.15, -0.1) is 6.58 Å². The minimum atomic E-state index is 0.164. The second-order valence-corrected chi connectivity index (χ2v) is 4.81.